The van der Waals surface area contributed by atoms with Gasteiger partial charge in [-0.25, -0.2) is 4.98 Å². The van der Waals surface area contributed by atoms with E-state index in [1.807, 2.05) is 71.6 Å². The molecule has 0 radical (unpaired) electrons. The number of ether oxygens (including phenoxy) is 2. The third-order valence-corrected chi connectivity index (χ3v) is 8.84. The van der Waals surface area contributed by atoms with E-state index in [4.69, 9.17) is 9.47 Å². The van der Waals surface area contributed by atoms with E-state index in [9.17, 15) is 9.59 Å². The number of methoxy groups -OCH3 is 2. The molecule has 1 aromatic heterocycles. The number of fused-ring (bicyclic) bond motifs is 2. The molecule has 1 N–H and O–H groups in total. The quantitative estimate of drug-likeness (QED) is 0.299. The van der Waals surface area contributed by atoms with E-state index in [0.29, 0.717) is 10.7 Å². The van der Waals surface area contributed by atoms with E-state index in [0.717, 1.165) is 58.5 Å². The molecule has 2 heterocycles. The average Bonchev–Trinajstić information content (AvgIpc) is 3.38. The second-order valence-corrected chi connectivity index (χ2v) is 11.2. The topological polar surface area (TPSA) is 80.8 Å². The fourth-order valence-electron chi connectivity index (χ4n) is 6.02. The molecule has 6 rings (SSSR count). The minimum absolute atomic E-state index is 0.00514. The summed E-state index contributed by atoms with van der Waals surface area (Å²) < 4.78 is 11.7. The average molecular weight is 542 g/mol. The van der Waals surface area contributed by atoms with E-state index in [-0.39, 0.29) is 17.9 Å². The van der Waals surface area contributed by atoms with Gasteiger partial charge in [0.15, 0.2) is 5.13 Å². The van der Waals surface area contributed by atoms with Crippen LogP contribution in [0.25, 0.3) is 10.2 Å². The van der Waals surface area contributed by atoms with Crippen molar-refractivity contribution in [1.29, 1.82) is 0 Å². The molecule has 0 unspecified atom stereocenters. The lowest BCUT2D eigenvalue weighted by Crippen LogP contribution is -2.51. The predicted octanol–water partition coefficient (Wildman–Crippen LogP) is 6.57. The zero-order valence-electron chi connectivity index (χ0n) is 22.1. The van der Waals surface area contributed by atoms with Crippen molar-refractivity contribution >= 4 is 38.5 Å². The van der Waals surface area contributed by atoms with Crippen LogP contribution in [-0.2, 0) is 4.79 Å². The number of nitrogens with one attached hydrogen (secondary N) is 1. The summed E-state index contributed by atoms with van der Waals surface area (Å²) in [5, 5.41) is 3.63. The number of hydrogen-bond donors (Lipinski definition) is 1. The van der Waals surface area contributed by atoms with Gasteiger partial charge < -0.3 is 19.7 Å². The number of benzene rings is 3. The van der Waals surface area contributed by atoms with E-state index < -0.39 is 12.0 Å². The van der Waals surface area contributed by atoms with E-state index in [1.165, 1.54) is 17.8 Å². The summed E-state index contributed by atoms with van der Waals surface area (Å²) in [5.74, 6) is 0.690. The third kappa shape index (κ3) is 4.74. The Morgan fingerprint density at radius 1 is 0.949 bits per heavy atom. The highest BCUT2D eigenvalue weighted by Gasteiger charge is 2.46. The molecule has 1 aliphatic heterocycles. The Balaban J connectivity index is 1.44. The number of nitrogens with zero attached hydrogens (tertiary/aromatic N) is 2. The van der Waals surface area contributed by atoms with E-state index >= 15 is 0 Å². The molecule has 1 aliphatic carbocycles. The van der Waals surface area contributed by atoms with Gasteiger partial charge in [-0.15, -0.1) is 0 Å². The molecular weight excluding hydrogens is 510 g/mol. The molecule has 1 fully saturated rings. The number of carbonyl (C=O) groups excluding carboxylic acids is 2. The maximum Gasteiger partial charge on any atom is 0.254 e. The molecule has 8 heteroatoms. The number of hydrogen-bond acceptors (Lipinski definition) is 6. The summed E-state index contributed by atoms with van der Waals surface area (Å²) in [6, 6.07) is 20.6. The minimum atomic E-state index is -0.601. The second-order valence-electron chi connectivity index (χ2n) is 10.1. The Kier molecular flexibility index (Phi) is 6.95. The minimum Gasteiger partial charge on any atom is -0.497 e. The first-order valence-electron chi connectivity index (χ1n) is 13.4. The second kappa shape index (κ2) is 10.7. The van der Waals surface area contributed by atoms with Gasteiger partial charge in [-0.05, 0) is 60.4 Å². The molecule has 1 saturated carbocycles. The molecule has 39 heavy (non-hydrogen) atoms. The van der Waals surface area contributed by atoms with Gasteiger partial charge in [0.2, 0.25) is 5.91 Å². The summed E-state index contributed by atoms with van der Waals surface area (Å²) in [5.41, 5.74) is 3.06. The molecule has 4 aromatic rings. The van der Waals surface area contributed by atoms with Crippen LogP contribution in [0.15, 0.2) is 66.7 Å². The first-order valence-corrected chi connectivity index (χ1v) is 14.2. The predicted molar refractivity (Wildman–Crippen MR) is 153 cm³/mol. The van der Waals surface area contributed by atoms with E-state index in [1.54, 1.807) is 14.2 Å². The Morgan fingerprint density at radius 3 is 2.41 bits per heavy atom. The van der Waals surface area contributed by atoms with Crippen molar-refractivity contribution in [3.05, 3.63) is 83.4 Å². The highest BCUT2D eigenvalue weighted by atomic mass is 32.1. The van der Waals surface area contributed by atoms with Crippen LogP contribution < -0.4 is 14.8 Å². The van der Waals surface area contributed by atoms with Crippen LogP contribution >= 0.6 is 11.3 Å². The van der Waals surface area contributed by atoms with Gasteiger partial charge in [-0.1, -0.05) is 60.9 Å². The molecule has 0 bridgehead atoms. The number of carbonyl (C=O) groups is 2. The van der Waals surface area contributed by atoms with Crippen LogP contribution in [-0.4, -0.2) is 42.0 Å². The molecule has 2 amide bonds. The van der Waals surface area contributed by atoms with Crippen molar-refractivity contribution in [1.82, 2.24) is 9.88 Å². The van der Waals surface area contributed by atoms with Crippen molar-refractivity contribution in [2.75, 3.05) is 19.5 Å². The van der Waals surface area contributed by atoms with Crippen LogP contribution in [0.5, 0.6) is 11.5 Å². The summed E-state index contributed by atoms with van der Waals surface area (Å²) >= 11 is 1.41. The normalized spacial score (nSPS) is 19.5. The standard InChI is InChI=1S/C31H31N3O4S/c1-37-21-14-12-19(13-15-21)28-27(29(35)33-31-32-25-17-16-22(38-2)18-26(25)39-31)23-10-6-7-11-24(23)30(36)34(28)20-8-4-3-5-9-20/h6-7,10-18,20,27-28H,3-5,8-9H2,1-2H3,(H,32,33,35)/t27-,28-/m0/s1. The Bertz CT molecular complexity index is 1510. The molecule has 200 valence electrons. The van der Waals surface area contributed by atoms with Crippen molar-refractivity contribution in [2.45, 2.75) is 50.1 Å². The maximum atomic E-state index is 14.2. The zero-order chi connectivity index (χ0) is 26.9. The lowest BCUT2D eigenvalue weighted by molar-refractivity contribution is -0.119. The third-order valence-electron chi connectivity index (χ3n) is 7.91. The molecule has 0 spiro atoms. The highest BCUT2D eigenvalue weighted by Crippen LogP contribution is 2.46. The molecule has 2 aliphatic rings. The molecule has 7 nitrogen and oxygen atoms in total. The van der Waals surface area contributed by atoms with Gasteiger partial charge in [0.25, 0.3) is 5.91 Å². The molecule has 2 atom stereocenters. The van der Waals surface area contributed by atoms with Gasteiger partial charge in [0, 0.05) is 11.6 Å². The summed E-state index contributed by atoms with van der Waals surface area (Å²) in [4.78, 5) is 35.0. The van der Waals surface area contributed by atoms with Crippen molar-refractivity contribution in [2.24, 2.45) is 0 Å². The fourth-order valence-corrected chi connectivity index (χ4v) is 6.92. The van der Waals surface area contributed by atoms with Crippen LogP contribution in [0.3, 0.4) is 0 Å². The van der Waals surface area contributed by atoms with Crippen molar-refractivity contribution in [3.63, 3.8) is 0 Å². The van der Waals surface area contributed by atoms with Gasteiger partial charge in [-0.2, -0.15) is 0 Å². The zero-order valence-corrected chi connectivity index (χ0v) is 22.9. The number of anilines is 1. The van der Waals surface area contributed by atoms with Crippen molar-refractivity contribution in [3.8, 4) is 11.5 Å². The lowest BCUT2D eigenvalue weighted by atomic mass is 9.77. The van der Waals surface area contributed by atoms with Gasteiger partial charge >= 0.3 is 0 Å². The largest absolute Gasteiger partial charge is 0.497 e. The van der Waals surface area contributed by atoms with Gasteiger partial charge in [0.05, 0.1) is 36.4 Å². The van der Waals surface area contributed by atoms with Crippen molar-refractivity contribution < 1.29 is 19.1 Å². The van der Waals surface area contributed by atoms with E-state index in [2.05, 4.69) is 10.3 Å². The number of rotatable bonds is 6. The highest BCUT2D eigenvalue weighted by molar-refractivity contribution is 7.22. The SMILES string of the molecule is COc1ccc([C@H]2[C@@H](C(=O)Nc3nc4ccc(OC)cc4s3)c3ccccc3C(=O)N2C2CCCCC2)cc1. The fraction of sp³-hybridized carbons (Fsp3) is 0.323. The van der Waals surface area contributed by atoms with Gasteiger partial charge in [-0.3, -0.25) is 9.59 Å². The van der Waals surface area contributed by atoms with Gasteiger partial charge in [0.1, 0.15) is 11.5 Å². The Labute approximate surface area is 231 Å². The maximum absolute atomic E-state index is 14.2. The number of thiazole rings is 1. The first kappa shape index (κ1) is 25.4. The van der Waals surface area contributed by atoms with Crippen LogP contribution in [0.1, 0.15) is 65.5 Å². The first-order chi connectivity index (χ1) is 19.1. The Morgan fingerprint density at radius 2 is 1.67 bits per heavy atom. The van der Waals surface area contributed by atoms with Crippen LogP contribution in [0, 0.1) is 0 Å². The van der Waals surface area contributed by atoms with Crippen LogP contribution in [0.2, 0.25) is 0 Å². The molecular formula is C31H31N3O4S. The van der Waals surface area contributed by atoms with Crippen LogP contribution in [0.4, 0.5) is 5.13 Å². The Hall–Kier alpha value is -3.91. The summed E-state index contributed by atoms with van der Waals surface area (Å²) in [6.07, 6.45) is 5.22. The molecule has 0 saturated heterocycles. The summed E-state index contributed by atoms with van der Waals surface area (Å²) in [7, 11) is 3.26. The number of aromatic nitrogens is 1. The summed E-state index contributed by atoms with van der Waals surface area (Å²) in [6.45, 7) is 0. The number of amides is 2. The smallest absolute Gasteiger partial charge is 0.254 e. The molecule has 3 aromatic carbocycles. The monoisotopic (exact) mass is 541 g/mol. The lowest BCUT2D eigenvalue weighted by Gasteiger charge is -2.46.